The highest BCUT2D eigenvalue weighted by Gasteiger charge is 2.42. The zero-order valence-corrected chi connectivity index (χ0v) is 11.1. The molecule has 98 valence electrons. The van der Waals surface area contributed by atoms with Crippen LogP contribution in [0.5, 0.6) is 0 Å². The van der Waals surface area contributed by atoms with Gasteiger partial charge in [-0.1, -0.05) is 30.3 Å². The molecule has 0 spiro atoms. The fourth-order valence-corrected chi connectivity index (χ4v) is 2.55. The summed E-state index contributed by atoms with van der Waals surface area (Å²) in [5, 5.41) is 3.31. The number of hydrogen-bond acceptors (Lipinski definition) is 3. The lowest BCUT2D eigenvalue weighted by atomic mass is 9.73. The van der Waals surface area contributed by atoms with E-state index in [1.807, 2.05) is 44.2 Å². The van der Waals surface area contributed by atoms with Gasteiger partial charge in [0.25, 0.3) is 0 Å². The third-order valence-electron chi connectivity index (χ3n) is 3.52. The maximum Gasteiger partial charge on any atom is 0.316 e. The van der Waals surface area contributed by atoms with Crippen LogP contribution in [0.4, 0.5) is 0 Å². The molecule has 0 amide bonds. The zero-order valence-electron chi connectivity index (χ0n) is 11.1. The lowest BCUT2D eigenvalue weighted by molar-refractivity contribution is -0.155. The number of rotatable bonds is 3. The maximum atomic E-state index is 12.5. The summed E-state index contributed by atoms with van der Waals surface area (Å²) >= 11 is 0. The SMILES string of the molecule is CC(C)OC(=O)C1(c2ccccc2)CCNCC1. The average molecular weight is 247 g/mol. The zero-order chi connectivity index (χ0) is 13.0. The Bertz CT molecular complexity index is 394. The number of nitrogens with one attached hydrogen (secondary N) is 1. The first kappa shape index (κ1) is 13.1. The van der Waals surface area contributed by atoms with Gasteiger partial charge in [0.15, 0.2) is 0 Å². The van der Waals surface area contributed by atoms with Crippen LogP contribution in [0.1, 0.15) is 32.3 Å². The number of carbonyl (C=O) groups is 1. The summed E-state index contributed by atoms with van der Waals surface area (Å²) in [5.41, 5.74) is 0.619. The molecule has 1 aliphatic rings. The van der Waals surface area contributed by atoms with Crippen LogP contribution in [0.3, 0.4) is 0 Å². The maximum absolute atomic E-state index is 12.5. The summed E-state index contributed by atoms with van der Waals surface area (Å²) in [7, 11) is 0. The van der Waals surface area contributed by atoms with Crippen molar-refractivity contribution >= 4 is 5.97 Å². The standard InChI is InChI=1S/C15H21NO2/c1-12(2)18-14(17)15(8-10-16-11-9-15)13-6-4-3-5-7-13/h3-7,12,16H,8-11H2,1-2H3. The molecule has 0 unspecified atom stereocenters. The highest BCUT2D eigenvalue weighted by molar-refractivity contribution is 5.83. The van der Waals surface area contributed by atoms with E-state index in [1.54, 1.807) is 0 Å². The fourth-order valence-electron chi connectivity index (χ4n) is 2.55. The molecule has 1 aromatic carbocycles. The Labute approximate surface area is 109 Å². The van der Waals surface area contributed by atoms with Crippen molar-refractivity contribution in [2.45, 2.75) is 38.2 Å². The molecule has 1 N–H and O–H groups in total. The number of esters is 1. The molecule has 1 saturated heterocycles. The topological polar surface area (TPSA) is 38.3 Å². The first-order valence-electron chi connectivity index (χ1n) is 6.62. The Balaban J connectivity index is 2.31. The molecule has 3 heteroatoms. The monoisotopic (exact) mass is 247 g/mol. The van der Waals surface area contributed by atoms with Crippen molar-refractivity contribution in [3.8, 4) is 0 Å². The van der Waals surface area contributed by atoms with Gasteiger partial charge < -0.3 is 10.1 Å². The third kappa shape index (κ3) is 2.56. The third-order valence-corrected chi connectivity index (χ3v) is 3.52. The van der Waals surface area contributed by atoms with E-state index in [9.17, 15) is 4.79 Å². The number of carbonyl (C=O) groups excluding carboxylic acids is 1. The van der Waals surface area contributed by atoms with Crippen LogP contribution in [0, 0.1) is 0 Å². The van der Waals surface area contributed by atoms with Gasteiger partial charge in [0.2, 0.25) is 0 Å². The second-order valence-electron chi connectivity index (χ2n) is 5.15. The second-order valence-corrected chi connectivity index (χ2v) is 5.15. The van der Waals surface area contributed by atoms with Crippen molar-refractivity contribution in [2.75, 3.05) is 13.1 Å². The second kappa shape index (κ2) is 5.53. The molecule has 0 aromatic heterocycles. The van der Waals surface area contributed by atoms with Gasteiger partial charge in [-0.05, 0) is 45.3 Å². The summed E-state index contributed by atoms with van der Waals surface area (Å²) in [6.45, 7) is 5.53. The van der Waals surface area contributed by atoms with Gasteiger partial charge in [0.1, 0.15) is 0 Å². The predicted molar refractivity (Wildman–Crippen MR) is 71.5 cm³/mol. The van der Waals surface area contributed by atoms with Gasteiger partial charge in [0.05, 0.1) is 11.5 Å². The van der Waals surface area contributed by atoms with Crippen molar-refractivity contribution in [1.29, 1.82) is 0 Å². The largest absolute Gasteiger partial charge is 0.462 e. The van der Waals surface area contributed by atoms with E-state index in [0.717, 1.165) is 31.5 Å². The van der Waals surface area contributed by atoms with Gasteiger partial charge in [-0.25, -0.2) is 0 Å². The van der Waals surface area contributed by atoms with Gasteiger partial charge in [-0.2, -0.15) is 0 Å². The van der Waals surface area contributed by atoms with Crippen LogP contribution in [0.15, 0.2) is 30.3 Å². The minimum atomic E-state index is -0.462. The van der Waals surface area contributed by atoms with Crippen LogP contribution in [-0.4, -0.2) is 25.2 Å². The highest BCUT2D eigenvalue weighted by atomic mass is 16.5. The van der Waals surface area contributed by atoms with Gasteiger partial charge in [0, 0.05) is 0 Å². The molecular formula is C15H21NO2. The summed E-state index contributed by atoms with van der Waals surface area (Å²) in [4.78, 5) is 12.5. The number of ether oxygens (including phenoxy) is 1. The lowest BCUT2D eigenvalue weighted by Crippen LogP contribution is -2.47. The molecule has 18 heavy (non-hydrogen) atoms. The fraction of sp³-hybridized carbons (Fsp3) is 0.533. The normalized spacial score (nSPS) is 18.6. The van der Waals surface area contributed by atoms with Crippen LogP contribution in [0.25, 0.3) is 0 Å². The van der Waals surface area contributed by atoms with Gasteiger partial charge in [-0.15, -0.1) is 0 Å². The van der Waals surface area contributed by atoms with Crippen LogP contribution in [-0.2, 0) is 14.9 Å². The molecule has 0 radical (unpaired) electrons. The first-order chi connectivity index (χ1) is 8.65. The highest BCUT2D eigenvalue weighted by Crippen LogP contribution is 2.35. The molecule has 1 aliphatic heterocycles. The molecule has 0 atom stereocenters. The molecule has 1 heterocycles. The molecule has 0 aliphatic carbocycles. The van der Waals surface area contributed by atoms with E-state index in [4.69, 9.17) is 4.74 Å². The number of piperidine rings is 1. The minimum Gasteiger partial charge on any atom is -0.462 e. The Hall–Kier alpha value is -1.35. The van der Waals surface area contributed by atoms with Crippen molar-refractivity contribution in [3.05, 3.63) is 35.9 Å². The van der Waals surface area contributed by atoms with E-state index >= 15 is 0 Å². The van der Waals surface area contributed by atoms with E-state index in [2.05, 4.69) is 5.32 Å². The van der Waals surface area contributed by atoms with E-state index in [0.29, 0.717) is 0 Å². The minimum absolute atomic E-state index is 0.0621. The van der Waals surface area contributed by atoms with Crippen LogP contribution in [0.2, 0.25) is 0 Å². The molecule has 0 bridgehead atoms. The Morgan fingerprint density at radius 1 is 1.22 bits per heavy atom. The van der Waals surface area contributed by atoms with Crippen molar-refractivity contribution < 1.29 is 9.53 Å². The Morgan fingerprint density at radius 2 is 1.83 bits per heavy atom. The number of benzene rings is 1. The summed E-state index contributed by atoms with van der Waals surface area (Å²) in [6, 6.07) is 10.0. The Kier molecular flexibility index (Phi) is 4.02. The van der Waals surface area contributed by atoms with Crippen LogP contribution >= 0.6 is 0 Å². The molecule has 0 saturated carbocycles. The first-order valence-corrected chi connectivity index (χ1v) is 6.62. The van der Waals surface area contributed by atoms with E-state index in [-0.39, 0.29) is 12.1 Å². The summed E-state index contributed by atoms with van der Waals surface area (Å²) in [5.74, 6) is -0.0785. The Morgan fingerprint density at radius 3 is 2.39 bits per heavy atom. The number of hydrogen-bond donors (Lipinski definition) is 1. The predicted octanol–water partition coefficient (Wildman–Crippen LogP) is 2.26. The quantitative estimate of drug-likeness (QED) is 0.833. The van der Waals surface area contributed by atoms with Gasteiger partial charge in [-0.3, -0.25) is 4.79 Å². The van der Waals surface area contributed by atoms with Crippen molar-refractivity contribution in [1.82, 2.24) is 5.32 Å². The molecule has 1 aromatic rings. The van der Waals surface area contributed by atoms with E-state index in [1.165, 1.54) is 0 Å². The average Bonchev–Trinajstić information content (AvgIpc) is 2.40. The smallest absolute Gasteiger partial charge is 0.316 e. The summed E-state index contributed by atoms with van der Waals surface area (Å²) in [6.07, 6.45) is 1.55. The summed E-state index contributed by atoms with van der Waals surface area (Å²) < 4.78 is 5.48. The van der Waals surface area contributed by atoms with Gasteiger partial charge >= 0.3 is 5.97 Å². The molecule has 1 fully saturated rings. The molecular weight excluding hydrogens is 226 g/mol. The van der Waals surface area contributed by atoms with Crippen molar-refractivity contribution in [2.24, 2.45) is 0 Å². The molecule has 3 nitrogen and oxygen atoms in total. The van der Waals surface area contributed by atoms with Crippen molar-refractivity contribution in [3.63, 3.8) is 0 Å². The van der Waals surface area contributed by atoms with E-state index < -0.39 is 5.41 Å². The molecule has 2 rings (SSSR count). The lowest BCUT2D eigenvalue weighted by Gasteiger charge is -2.36. The van der Waals surface area contributed by atoms with Crippen LogP contribution < -0.4 is 5.32 Å².